The van der Waals surface area contributed by atoms with E-state index in [1.807, 2.05) is 0 Å². The van der Waals surface area contributed by atoms with Crippen molar-refractivity contribution in [2.24, 2.45) is 5.41 Å². The van der Waals surface area contributed by atoms with E-state index in [-0.39, 0.29) is 0 Å². The van der Waals surface area contributed by atoms with Crippen LogP contribution in [0.3, 0.4) is 0 Å². The lowest BCUT2D eigenvalue weighted by Crippen LogP contribution is -2.32. The van der Waals surface area contributed by atoms with E-state index in [9.17, 15) is 0 Å². The van der Waals surface area contributed by atoms with E-state index in [1.165, 1.54) is 24.0 Å². The van der Waals surface area contributed by atoms with Gasteiger partial charge in [0.2, 0.25) is 0 Å². The predicted molar refractivity (Wildman–Crippen MR) is 81.0 cm³/mol. The number of nitrogens with one attached hydrogen (secondary N) is 1. The Morgan fingerprint density at radius 2 is 1.78 bits per heavy atom. The highest BCUT2D eigenvalue weighted by molar-refractivity contribution is 5.22. The molecule has 1 atom stereocenters. The molecular formula is C17H29N. The summed E-state index contributed by atoms with van der Waals surface area (Å²) in [5.74, 6) is 0. The molecule has 102 valence electrons. The maximum Gasteiger partial charge on any atom is 0.00439 e. The van der Waals surface area contributed by atoms with Crippen LogP contribution in [0.4, 0.5) is 0 Å². The van der Waals surface area contributed by atoms with Gasteiger partial charge in [-0.1, -0.05) is 50.6 Å². The van der Waals surface area contributed by atoms with Crippen molar-refractivity contribution in [1.29, 1.82) is 0 Å². The predicted octanol–water partition coefficient (Wildman–Crippen LogP) is 4.34. The van der Waals surface area contributed by atoms with Gasteiger partial charge in [-0.3, -0.25) is 0 Å². The van der Waals surface area contributed by atoms with E-state index in [0.717, 1.165) is 13.0 Å². The Kier molecular flexibility index (Phi) is 5.87. The molecule has 0 aliphatic heterocycles. The Balaban J connectivity index is 2.50. The lowest BCUT2D eigenvalue weighted by atomic mass is 9.80. The summed E-state index contributed by atoms with van der Waals surface area (Å²) in [6, 6.07) is 9.56. The Morgan fingerprint density at radius 1 is 1.17 bits per heavy atom. The molecule has 1 unspecified atom stereocenters. The van der Waals surface area contributed by atoms with Crippen molar-refractivity contribution in [1.82, 2.24) is 5.32 Å². The van der Waals surface area contributed by atoms with Crippen LogP contribution in [0.15, 0.2) is 24.3 Å². The number of rotatable bonds is 7. The van der Waals surface area contributed by atoms with E-state index in [1.54, 1.807) is 0 Å². The molecule has 1 N–H and O–H groups in total. The quantitative estimate of drug-likeness (QED) is 0.755. The van der Waals surface area contributed by atoms with Gasteiger partial charge in [0, 0.05) is 6.04 Å². The van der Waals surface area contributed by atoms with Crippen molar-refractivity contribution < 1.29 is 0 Å². The molecule has 0 aliphatic carbocycles. The average molecular weight is 247 g/mol. The van der Waals surface area contributed by atoms with Gasteiger partial charge in [0.05, 0.1) is 0 Å². The molecule has 0 fully saturated rings. The van der Waals surface area contributed by atoms with Gasteiger partial charge in [0.15, 0.2) is 0 Å². The van der Waals surface area contributed by atoms with Gasteiger partial charge in [0.1, 0.15) is 0 Å². The lowest BCUT2D eigenvalue weighted by Gasteiger charge is -2.29. The molecule has 0 heterocycles. The fourth-order valence-electron chi connectivity index (χ4n) is 2.62. The zero-order valence-electron chi connectivity index (χ0n) is 12.7. The molecule has 1 rings (SSSR count). The lowest BCUT2D eigenvalue weighted by molar-refractivity contribution is 0.287. The van der Waals surface area contributed by atoms with Crippen LogP contribution in [0.5, 0.6) is 0 Å². The molecule has 0 aromatic heterocycles. The normalized spacial score (nSPS) is 13.6. The number of hydrogen-bond acceptors (Lipinski definition) is 1. The van der Waals surface area contributed by atoms with Gasteiger partial charge in [0.25, 0.3) is 0 Å². The average Bonchev–Trinajstić information content (AvgIpc) is 2.28. The SMILES string of the molecule is CCCNC(C)CC(C)(C)Cc1ccc(C)cc1. The van der Waals surface area contributed by atoms with Gasteiger partial charge in [-0.15, -0.1) is 0 Å². The minimum atomic E-state index is 0.357. The maximum atomic E-state index is 3.58. The van der Waals surface area contributed by atoms with E-state index in [2.05, 4.69) is 64.2 Å². The summed E-state index contributed by atoms with van der Waals surface area (Å²) in [5, 5.41) is 3.58. The van der Waals surface area contributed by atoms with Gasteiger partial charge in [-0.05, 0) is 50.6 Å². The zero-order chi connectivity index (χ0) is 13.6. The third kappa shape index (κ3) is 5.68. The van der Waals surface area contributed by atoms with E-state index >= 15 is 0 Å². The second kappa shape index (κ2) is 6.94. The summed E-state index contributed by atoms with van der Waals surface area (Å²) in [6.45, 7) is 12.5. The summed E-state index contributed by atoms with van der Waals surface area (Å²) < 4.78 is 0. The first-order chi connectivity index (χ1) is 8.43. The van der Waals surface area contributed by atoms with Crippen molar-refractivity contribution in [3.8, 4) is 0 Å². The van der Waals surface area contributed by atoms with Gasteiger partial charge in [-0.25, -0.2) is 0 Å². The van der Waals surface area contributed by atoms with Crippen LogP contribution >= 0.6 is 0 Å². The molecule has 0 amide bonds. The van der Waals surface area contributed by atoms with Crippen LogP contribution in [0.1, 0.15) is 51.7 Å². The summed E-state index contributed by atoms with van der Waals surface area (Å²) in [5.41, 5.74) is 3.15. The molecule has 0 saturated heterocycles. The molecule has 0 radical (unpaired) electrons. The topological polar surface area (TPSA) is 12.0 Å². The summed E-state index contributed by atoms with van der Waals surface area (Å²) >= 11 is 0. The molecule has 1 aromatic rings. The zero-order valence-corrected chi connectivity index (χ0v) is 12.7. The van der Waals surface area contributed by atoms with Crippen LogP contribution in [-0.2, 0) is 6.42 Å². The van der Waals surface area contributed by atoms with Crippen LogP contribution in [0, 0.1) is 12.3 Å². The first-order valence-electron chi connectivity index (χ1n) is 7.22. The number of hydrogen-bond donors (Lipinski definition) is 1. The third-order valence-electron chi connectivity index (χ3n) is 3.40. The van der Waals surface area contributed by atoms with Gasteiger partial charge < -0.3 is 5.32 Å². The van der Waals surface area contributed by atoms with E-state index in [0.29, 0.717) is 11.5 Å². The third-order valence-corrected chi connectivity index (χ3v) is 3.40. The molecule has 1 heteroatoms. The minimum Gasteiger partial charge on any atom is -0.314 e. The van der Waals surface area contributed by atoms with Crippen molar-refractivity contribution in [3.63, 3.8) is 0 Å². The van der Waals surface area contributed by atoms with Crippen molar-refractivity contribution in [2.45, 2.75) is 59.9 Å². The summed E-state index contributed by atoms with van der Waals surface area (Å²) in [7, 11) is 0. The Morgan fingerprint density at radius 3 is 2.33 bits per heavy atom. The summed E-state index contributed by atoms with van der Waals surface area (Å²) in [6.07, 6.45) is 3.59. The summed E-state index contributed by atoms with van der Waals surface area (Å²) in [4.78, 5) is 0. The fourth-order valence-corrected chi connectivity index (χ4v) is 2.62. The monoisotopic (exact) mass is 247 g/mol. The molecule has 1 aromatic carbocycles. The Hall–Kier alpha value is -0.820. The Bertz CT molecular complexity index is 337. The van der Waals surface area contributed by atoms with Crippen LogP contribution in [0.25, 0.3) is 0 Å². The smallest absolute Gasteiger partial charge is 0.00439 e. The van der Waals surface area contributed by atoms with Gasteiger partial charge in [-0.2, -0.15) is 0 Å². The number of benzene rings is 1. The van der Waals surface area contributed by atoms with Crippen LogP contribution in [-0.4, -0.2) is 12.6 Å². The van der Waals surface area contributed by atoms with Crippen molar-refractivity contribution in [2.75, 3.05) is 6.54 Å². The molecule has 1 nitrogen and oxygen atoms in total. The number of aryl methyl sites for hydroxylation is 1. The van der Waals surface area contributed by atoms with Crippen molar-refractivity contribution in [3.05, 3.63) is 35.4 Å². The molecule has 0 bridgehead atoms. The maximum absolute atomic E-state index is 3.58. The first kappa shape index (κ1) is 15.2. The fraction of sp³-hybridized carbons (Fsp3) is 0.647. The largest absolute Gasteiger partial charge is 0.314 e. The Labute approximate surface area is 113 Å². The van der Waals surface area contributed by atoms with Gasteiger partial charge >= 0.3 is 0 Å². The highest BCUT2D eigenvalue weighted by atomic mass is 14.9. The highest BCUT2D eigenvalue weighted by Crippen LogP contribution is 2.27. The second-order valence-electron chi connectivity index (χ2n) is 6.39. The van der Waals surface area contributed by atoms with E-state index in [4.69, 9.17) is 0 Å². The standard InChI is InChI=1S/C17H29N/c1-6-11-18-15(3)12-17(4,5)13-16-9-7-14(2)8-10-16/h7-10,15,18H,6,11-13H2,1-5H3. The molecule has 18 heavy (non-hydrogen) atoms. The van der Waals surface area contributed by atoms with E-state index < -0.39 is 0 Å². The molecule has 0 aliphatic rings. The second-order valence-corrected chi connectivity index (χ2v) is 6.39. The first-order valence-corrected chi connectivity index (χ1v) is 7.22. The molecule has 0 spiro atoms. The highest BCUT2D eigenvalue weighted by Gasteiger charge is 2.21. The molecule has 0 saturated carbocycles. The van der Waals surface area contributed by atoms with Crippen molar-refractivity contribution >= 4 is 0 Å². The van der Waals surface area contributed by atoms with Crippen LogP contribution in [0.2, 0.25) is 0 Å². The molecular weight excluding hydrogens is 218 g/mol. The minimum absolute atomic E-state index is 0.357. The van der Waals surface area contributed by atoms with Crippen LogP contribution < -0.4 is 5.32 Å².